The number of hydrogen-bond donors (Lipinski definition) is 1. The lowest BCUT2D eigenvalue weighted by Gasteiger charge is -2.41. The lowest BCUT2D eigenvalue weighted by atomic mass is 10.2. The van der Waals surface area contributed by atoms with Crippen LogP contribution in [0.4, 0.5) is 4.79 Å². The van der Waals surface area contributed by atoms with Crippen LogP contribution in [-0.4, -0.2) is 14.4 Å². The number of carbonyl (C=O) groups is 1. The van der Waals surface area contributed by atoms with E-state index in [2.05, 4.69) is 50.5 Å². The van der Waals surface area contributed by atoms with Gasteiger partial charge in [-0.25, -0.2) is 10.3 Å². The number of rotatable bonds is 6. The number of ether oxygens (including phenoxy) is 1. The fraction of sp³-hybridized carbons (Fsp3) is 0.208. The van der Waals surface area contributed by atoms with Gasteiger partial charge in [0.15, 0.2) is 0 Å². The Balaban J connectivity index is 1.86. The van der Waals surface area contributed by atoms with Crippen molar-refractivity contribution >= 4 is 24.8 Å². The van der Waals surface area contributed by atoms with Crippen LogP contribution < -0.4 is 15.9 Å². The first-order valence-corrected chi connectivity index (χ1v) is 11.6. The minimum absolute atomic E-state index is 0.191. The van der Waals surface area contributed by atoms with E-state index in [-0.39, 0.29) is 11.6 Å². The largest absolute Gasteiger partial charge is 0.443 e. The molecule has 0 fully saturated rings. The van der Waals surface area contributed by atoms with Crippen molar-refractivity contribution in [3.8, 4) is 0 Å². The van der Waals surface area contributed by atoms with E-state index < -0.39 is 14.4 Å². The Bertz CT molecular complexity index is 870. The number of amides is 1. The standard InChI is InChI=1S/C24H27NO3Si/c1-24(2,3)29(21-15-9-5-10-16-21,22-17-11-6-12-18-22)28-25-23(26)27-19-20-13-7-4-8-14-20/h4-18H,19H2,1-3H3,(H,25,26). The quantitative estimate of drug-likeness (QED) is 0.488. The summed E-state index contributed by atoms with van der Waals surface area (Å²) in [4.78, 5) is 12.4. The van der Waals surface area contributed by atoms with Gasteiger partial charge in [-0.2, -0.15) is 0 Å². The highest BCUT2D eigenvalue weighted by Gasteiger charge is 2.51. The summed E-state index contributed by atoms with van der Waals surface area (Å²) in [5, 5.41) is 1.94. The Labute approximate surface area is 173 Å². The van der Waals surface area contributed by atoms with Crippen LogP contribution in [0.15, 0.2) is 91.0 Å². The number of hydroxylamine groups is 1. The molecule has 0 aromatic heterocycles. The summed E-state index contributed by atoms with van der Waals surface area (Å²) < 4.78 is 11.7. The van der Waals surface area contributed by atoms with Gasteiger partial charge in [0.05, 0.1) is 0 Å². The van der Waals surface area contributed by atoms with E-state index in [9.17, 15) is 4.79 Å². The monoisotopic (exact) mass is 405 g/mol. The van der Waals surface area contributed by atoms with E-state index in [0.717, 1.165) is 15.9 Å². The molecule has 0 saturated heterocycles. The maximum atomic E-state index is 12.4. The Hall–Kier alpha value is -2.89. The van der Waals surface area contributed by atoms with Crippen LogP contribution in [0.3, 0.4) is 0 Å². The highest BCUT2D eigenvalue weighted by molar-refractivity contribution is 6.99. The number of hydrogen-bond acceptors (Lipinski definition) is 3. The zero-order chi connectivity index (χ0) is 20.7. The van der Waals surface area contributed by atoms with Crippen LogP contribution in [0.25, 0.3) is 0 Å². The second-order valence-corrected chi connectivity index (χ2v) is 12.2. The summed E-state index contributed by atoms with van der Waals surface area (Å²) in [6, 6.07) is 29.8. The molecule has 3 rings (SSSR count). The third-order valence-corrected chi connectivity index (χ3v) is 9.73. The van der Waals surface area contributed by atoms with Crippen LogP contribution in [0, 0.1) is 0 Å². The van der Waals surface area contributed by atoms with Gasteiger partial charge in [0, 0.05) is 0 Å². The molecule has 3 aromatic rings. The van der Waals surface area contributed by atoms with E-state index in [4.69, 9.17) is 9.26 Å². The summed E-state index contributed by atoms with van der Waals surface area (Å²) in [7, 11) is -2.83. The van der Waals surface area contributed by atoms with Crippen molar-refractivity contribution in [1.82, 2.24) is 5.48 Å². The van der Waals surface area contributed by atoms with E-state index >= 15 is 0 Å². The van der Waals surface area contributed by atoms with Gasteiger partial charge in [-0.3, -0.25) is 0 Å². The van der Waals surface area contributed by atoms with E-state index in [0.29, 0.717) is 0 Å². The summed E-state index contributed by atoms with van der Waals surface area (Å²) in [5.41, 5.74) is 3.52. The fourth-order valence-corrected chi connectivity index (χ4v) is 7.69. The van der Waals surface area contributed by atoms with Crippen molar-refractivity contribution in [1.29, 1.82) is 0 Å². The Morgan fingerprint density at radius 1 is 0.793 bits per heavy atom. The maximum Gasteiger partial charge on any atom is 0.430 e. The van der Waals surface area contributed by atoms with Gasteiger partial charge >= 0.3 is 6.09 Å². The van der Waals surface area contributed by atoms with Gasteiger partial charge in [-0.1, -0.05) is 112 Å². The van der Waals surface area contributed by atoms with Crippen LogP contribution in [0.2, 0.25) is 5.04 Å². The molecular formula is C24H27NO3Si. The third kappa shape index (κ3) is 4.75. The topological polar surface area (TPSA) is 47.6 Å². The first-order chi connectivity index (χ1) is 13.9. The molecule has 0 spiro atoms. The molecule has 0 radical (unpaired) electrons. The number of nitrogens with one attached hydrogen (secondary N) is 1. The first kappa shape index (κ1) is 20.8. The van der Waals surface area contributed by atoms with Gasteiger partial charge < -0.3 is 9.26 Å². The molecule has 0 unspecified atom stereocenters. The van der Waals surface area contributed by atoms with Crippen molar-refractivity contribution in [2.24, 2.45) is 0 Å². The lowest BCUT2D eigenvalue weighted by Crippen LogP contribution is -2.68. The number of benzene rings is 3. The van der Waals surface area contributed by atoms with E-state index in [1.54, 1.807) is 0 Å². The van der Waals surface area contributed by atoms with Crippen LogP contribution in [0.1, 0.15) is 26.3 Å². The van der Waals surface area contributed by atoms with E-state index in [1.165, 1.54) is 0 Å². The van der Waals surface area contributed by atoms with Crippen LogP contribution >= 0.6 is 0 Å². The maximum absolute atomic E-state index is 12.4. The third-order valence-electron chi connectivity index (χ3n) is 4.92. The second-order valence-electron chi connectivity index (χ2n) is 7.93. The molecule has 150 valence electrons. The Morgan fingerprint density at radius 2 is 1.24 bits per heavy atom. The summed E-state index contributed by atoms with van der Waals surface area (Å²) in [6.07, 6.45) is -0.596. The minimum atomic E-state index is -2.83. The highest BCUT2D eigenvalue weighted by atomic mass is 28.4. The van der Waals surface area contributed by atoms with Crippen LogP contribution in [0.5, 0.6) is 0 Å². The van der Waals surface area contributed by atoms with Gasteiger partial charge in [0.2, 0.25) is 0 Å². The van der Waals surface area contributed by atoms with Crippen molar-refractivity contribution < 1.29 is 14.1 Å². The molecule has 1 N–H and O–H groups in total. The van der Waals surface area contributed by atoms with Gasteiger partial charge in [-0.15, -0.1) is 0 Å². The Kier molecular flexibility index (Phi) is 6.52. The molecule has 0 aliphatic rings. The average Bonchev–Trinajstić information content (AvgIpc) is 2.74. The normalized spacial score (nSPS) is 11.7. The van der Waals surface area contributed by atoms with E-state index in [1.807, 2.05) is 66.7 Å². The first-order valence-electron chi connectivity index (χ1n) is 9.69. The molecule has 0 saturated carbocycles. The molecule has 4 nitrogen and oxygen atoms in total. The van der Waals surface area contributed by atoms with Gasteiger partial charge in [-0.05, 0) is 21.0 Å². The molecule has 29 heavy (non-hydrogen) atoms. The Morgan fingerprint density at radius 3 is 1.69 bits per heavy atom. The highest BCUT2D eigenvalue weighted by Crippen LogP contribution is 2.36. The van der Waals surface area contributed by atoms with Crippen LogP contribution in [-0.2, 0) is 15.9 Å². The smallest absolute Gasteiger partial charge is 0.430 e. The minimum Gasteiger partial charge on any atom is -0.443 e. The second kappa shape index (κ2) is 9.07. The molecule has 0 atom stereocenters. The molecule has 1 amide bonds. The molecule has 0 aliphatic carbocycles. The predicted molar refractivity (Wildman–Crippen MR) is 118 cm³/mol. The summed E-state index contributed by atoms with van der Waals surface area (Å²) in [6.45, 7) is 6.64. The van der Waals surface area contributed by atoms with Crippen molar-refractivity contribution in [3.63, 3.8) is 0 Å². The fourth-order valence-electron chi connectivity index (χ4n) is 3.52. The molecule has 0 aliphatic heterocycles. The summed E-state index contributed by atoms with van der Waals surface area (Å²) >= 11 is 0. The zero-order valence-corrected chi connectivity index (χ0v) is 18.1. The zero-order valence-electron chi connectivity index (χ0n) is 17.1. The molecule has 5 heteroatoms. The van der Waals surface area contributed by atoms with Gasteiger partial charge in [0.1, 0.15) is 6.61 Å². The average molecular weight is 406 g/mol. The number of carbonyl (C=O) groups excluding carboxylic acids is 1. The molecule has 3 aromatic carbocycles. The lowest BCUT2D eigenvalue weighted by molar-refractivity contribution is 0.0905. The molecule has 0 bridgehead atoms. The molecule has 0 heterocycles. The van der Waals surface area contributed by atoms with Crippen molar-refractivity contribution in [2.45, 2.75) is 32.4 Å². The van der Waals surface area contributed by atoms with Crippen molar-refractivity contribution in [3.05, 3.63) is 96.6 Å². The molecular weight excluding hydrogens is 378 g/mol. The van der Waals surface area contributed by atoms with Gasteiger partial charge in [0.25, 0.3) is 8.32 Å². The predicted octanol–water partition coefficient (Wildman–Crippen LogP) is 4.40. The summed E-state index contributed by atoms with van der Waals surface area (Å²) in [5.74, 6) is 0. The van der Waals surface area contributed by atoms with Crippen molar-refractivity contribution in [2.75, 3.05) is 0 Å². The SMILES string of the molecule is CC(C)(C)[Si](ONC(=O)OCc1ccccc1)(c1ccccc1)c1ccccc1.